The van der Waals surface area contributed by atoms with Crippen LogP contribution < -0.4 is 0 Å². The van der Waals surface area contributed by atoms with Crippen LogP contribution in [0.1, 0.15) is 41.0 Å². The first-order chi connectivity index (χ1) is 13.1. The number of hydrogen-bond donors (Lipinski definition) is 0. The lowest BCUT2D eigenvalue weighted by Crippen LogP contribution is -2.40. The summed E-state index contributed by atoms with van der Waals surface area (Å²) in [4.78, 5) is 17.0. The van der Waals surface area contributed by atoms with E-state index in [1.807, 2.05) is 17.0 Å². The molecule has 1 aromatic heterocycles. The maximum atomic E-state index is 12.5. The molecule has 0 unspecified atom stereocenters. The number of amides is 1. The molecule has 27 heavy (non-hydrogen) atoms. The molecule has 0 radical (unpaired) electrons. The summed E-state index contributed by atoms with van der Waals surface area (Å²) >= 11 is 5.97. The quantitative estimate of drug-likeness (QED) is 0.803. The molecule has 2 aliphatic heterocycles. The van der Waals surface area contributed by atoms with E-state index >= 15 is 0 Å². The minimum atomic E-state index is -0.0528. The number of halogens is 1. The topological polar surface area (TPSA) is 62.5 Å². The van der Waals surface area contributed by atoms with E-state index in [0.29, 0.717) is 17.3 Å². The molecule has 2 saturated heterocycles. The Hall–Kier alpha value is -1.92. The maximum Gasteiger partial charge on any atom is 0.278 e. The number of piperidine rings is 1. The summed E-state index contributed by atoms with van der Waals surface area (Å²) in [6, 6.07) is 8.15. The lowest BCUT2D eigenvalue weighted by Gasteiger charge is -2.34. The molecular formula is C20H25ClN4O2. The van der Waals surface area contributed by atoms with Crippen LogP contribution in [0.5, 0.6) is 0 Å². The number of aromatic nitrogens is 2. The van der Waals surface area contributed by atoms with Gasteiger partial charge in [0.1, 0.15) is 5.69 Å². The summed E-state index contributed by atoms with van der Waals surface area (Å²) in [7, 11) is 0. The number of benzene rings is 1. The summed E-state index contributed by atoms with van der Waals surface area (Å²) in [5, 5.41) is 8.25. The zero-order valence-electron chi connectivity index (χ0n) is 15.6. The van der Waals surface area contributed by atoms with E-state index in [0.717, 1.165) is 56.5 Å². The molecule has 6 nitrogen and oxygen atoms in total. The van der Waals surface area contributed by atoms with Gasteiger partial charge in [0.25, 0.3) is 5.91 Å². The molecule has 1 amide bonds. The molecule has 4 rings (SSSR count). The second-order valence-corrected chi connectivity index (χ2v) is 8.17. The van der Waals surface area contributed by atoms with Gasteiger partial charge in [0, 0.05) is 31.2 Å². The minimum Gasteiger partial charge on any atom is -0.337 e. The standard InChI is InChI=1S/C20H25ClN4O2/c1-14-19(23-27-22-14)20(26)25-10-7-16(8-11-25)17-6-9-24(13-17)12-15-2-4-18(21)5-3-15/h2-5,16-17H,6-13H2,1H3/t17-/m0/s1. The van der Waals surface area contributed by atoms with E-state index < -0.39 is 0 Å². The highest BCUT2D eigenvalue weighted by molar-refractivity contribution is 6.30. The zero-order valence-corrected chi connectivity index (χ0v) is 16.4. The normalized spacial score (nSPS) is 21.7. The molecule has 0 saturated carbocycles. The SMILES string of the molecule is Cc1nonc1C(=O)N1CCC([C@H]2CCN(Cc3ccc(Cl)cc3)C2)CC1. The van der Waals surface area contributed by atoms with Crippen LogP contribution in [0.25, 0.3) is 0 Å². The van der Waals surface area contributed by atoms with Gasteiger partial charge in [-0.25, -0.2) is 4.63 Å². The van der Waals surface area contributed by atoms with Crippen molar-refractivity contribution in [3.05, 3.63) is 46.2 Å². The molecule has 0 bridgehead atoms. The summed E-state index contributed by atoms with van der Waals surface area (Å²) in [5.74, 6) is 1.37. The highest BCUT2D eigenvalue weighted by atomic mass is 35.5. The number of nitrogens with zero attached hydrogens (tertiary/aromatic N) is 4. The number of hydrogen-bond acceptors (Lipinski definition) is 5. The van der Waals surface area contributed by atoms with Crippen molar-refractivity contribution in [1.29, 1.82) is 0 Å². The van der Waals surface area contributed by atoms with Crippen molar-refractivity contribution in [2.45, 2.75) is 32.7 Å². The molecule has 0 spiro atoms. The predicted octanol–water partition coefficient (Wildman–Crippen LogP) is 3.41. The van der Waals surface area contributed by atoms with Crippen molar-refractivity contribution in [2.24, 2.45) is 11.8 Å². The van der Waals surface area contributed by atoms with Crippen molar-refractivity contribution in [2.75, 3.05) is 26.2 Å². The largest absolute Gasteiger partial charge is 0.337 e. The molecule has 3 heterocycles. The summed E-state index contributed by atoms with van der Waals surface area (Å²) < 4.78 is 4.67. The van der Waals surface area contributed by atoms with Gasteiger partial charge in [0.15, 0.2) is 5.69 Å². The van der Waals surface area contributed by atoms with Gasteiger partial charge >= 0.3 is 0 Å². The molecule has 1 atom stereocenters. The second-order valence-electron chi connectivity index (χ2n) is 7.74. The van der Waals surface area contributed by atoms with Gasteiger partial charge in [0.05, 0.1) is 0 Å². The third kappa shape index (κ3) is 4.17. The molecular weight excluding hydrogens is 364 g/mol. The number of aryl methyl sites for hydroxylation is 1. The molecule has 144 valence electrons. The van der Waals surface area contributed by atoms with E-state index in [1.54, 1.807) is 6.92 Å². The van der Waals surface area contributed by atoms with Gasteiger partial charge < -0.3 is 4.90 Å². The molecule has 0 N–H and O–H groups in total. The van der Waals surface area contributed by atoms with Crippen LogP contribution in [0.4, 0.5) is 0 Å². The molecule has 1 aromatic carbocycles. The lowest BCUT2D eigenvalue weighted by atomic mass is 9.83. The fourth-order valence-electron chi connectivity index (χ4n) is 4.39. The Labute approximate surface area is 164 Å². The molecule has 7 heteroatoms. The maximum absolute atomic E-state index is 12.5. The van der Waals surface area contributed by atoms with Crippen LogP contribution in [-0.4, -0.2) is 52.2 Å². The van der Waals surface area contributed by atoms with Crippen LogP contribution in [-0.2, 0) is 6.54 Å². The van der Waals surface area contributed by atoms with Gasteiger partial charge in [-0.2, -0.15) is 0 Å². The van der Waals surface area contributed by atoms with Crippen LogP contribution in [0.2, 0.25) is 5.02 Å². The molecule has 2 aliphatic rings. The lowest BCUT2D eigenvalue weighted by molar-refractivity contribution is 0.0647. The first kappa shape index (κ1) is 18.4. The zero-order chi connectivity index (χ0) is 18.8. The number of carbonyl (C=O) groups is 1. The Morgan fingerprint density at radius 2 is 1.81 bits per heavy atom. The highest BCUT2D eigenvalue weighted by Crippen LogP contribution is 2.33. The van der Waals surface area contributed by atoms with Crippen LogP contribution in [0, 0.1) is 18.8 Å². The first-order valence-corrected chi connectivity index (χ1v) is 10.0. The van der Waals surface area contributed by atoms with Gasteiger partial charge in [-0.1, -0.05) is 28.9 Å². The second kappa shape index (κ2) is 7.98. The van der Waals surface area contributed by atoms with Crippen molar-refractivity contribution < 1.29 is 9.42 Å². The third-order valence-corrected chi connectivity index (χ3v) is 6.23. The smallest absolute Gasteiger partial charge is 0.278 e. The van der Waals surface area contributed by atoms with E-state index in [4.69, 9.17) is 11.6 Å². The Morgan fingerprint density at radius 3 is 2.48 bits per heavy atom. The van der Waals surface area contributed by atoms with Crippen LogP contribution >= 0.6 is 11.6 Å². The van der Waals surface area contributed by atoms with Crippen LogP contribution in [0.3, 0.4) is 0 Å². The van der Waals surface area contributed by atoms with Gasteiger partial charge in [-0.05, 0) is 67.4 Å². The fourth-order valence-corrected chi connectivity index (χ4v) is 4.51. The number of rotatable bonds is 4. The average molecular weight is 389 g/mol. The van der Waals surface area contributed by atoms with Gasteiger partial charge in [-0.3, -0.25) is 9.69 Å². The first-order valence-electron chi connectivity index (χ1n) is 9.65. The Morgan fingerprint density at radius 1 is 1.11 bits per heavy atom. The van der Waals surface area contributed by atoms with Crippen molar-refractivity contribution in [3.63, 3.8) is 0 Å². The third-order valence-electron chi connectivity index (χ3n) is 5.98. The Balaban J connectivity index is 1.27. The fraction of sp³-hybridized carbons (Fsp3) is 0.550. The predicted molar refractivity (Wildman–Crippen MR) is 102 cm³/mol. The minimum absolute atomic E-state index is 0.0528. The van der Waals surface area contributed by atoms with E-state index in [-0.39, 0.29) is 5.91 Å². The Kier molecular flexibility index (Phi) is 5.45. The van der Waals surface area contributed by atoms with E-state index in [1.165, 1.54) is 12.0 Å². The van der Waals surface area contributed by atoms with Crippen molar-refractivity contribution >= 4 is 17.5 Å². The number of carbonyl (C=O) groups excluding carboxylic acids is 1. The van der Waals surface area contributed by atoms with Crippen molar-refractivity contribution in [1.82, 2.24) is 20.1 Å². The average Bonchev–Trinajstić information content (AvgIpc) is 3.32. The van der Waals surface area contributed by atoms with Crippen molar-refractivity contribution in [3.8, 4) is 0 Å². The molecule has 0 aliphatic carbocycles. The monoisotopic (exact) mass is 388 g/mol. The molecule has 2 fully saturated rings. The summed E-state index contributed by atoms with van der Waals surface area (Å²) in [6.07, 6.45) is 3.38. The van der Waals surface area contributed by atoms with E-state index in [2.05, 4.69) is 32.0 Å². The summed E-state index contributed by atoms with van der Waals surface area (Å²) in [5.41, 5.74) is 2.23. The van der Waals surface area contributed by atoms with Crippen LogP contribution in [0.15, 0.2) is 28.9 Å². The van der Waals surface area contributed by atoms with Gasteiger partial charge in [0.2, 0.25) is 0 Å². The highest BCUT2D eigenvalue weighted by Gasteiger charge is 2.34. The van der Waals surface area contributed by atoms with Gasteiger partial charge in [-0.15, -0.1) is 0 Å². The molecule has 2 aromatic rings. The summed E-state index contributed by atoms with van der Waals surface area (Å²) in [6.45, 7) is 6.63. The Bertz CT molecular complexity index is 784. The number of likely N-dealkylation sites (tertiary alicyclic amines) is 2. The van der Waals surface area contributed by atoms with E-state index in [9.17, 15) is 4.79 Å².